The van der Waals surface area contributed by atoms with Crippen molar-refractivity contribution in [3.05, 3.63) is 0 Å². The molecule has 2 aliphatic rings. The van der Waals surface area contributed by atoms with E-state index in [1.54, 1.807) is 6.92 Å². The van der Waals surface area contributed by atoms with Gasteiger partial charge in [-0.15, -0.1) is 0 Å². The second-order valence-corrected chi connectivity index (χ2v) is 10.7. The Hall–Kier alpha value is -1.46. The molecule has 0 heterocycles. The first-order valence-corrected chi connectivity index (χ1v) is 12.3. The van der Waals surface area contributed by atoms with Gasteiger partial charge in [0.2, 0.25) is 0 Å². The number of ether oxygens (including phenoxy) is 4. The Morgan fingerprint density at radius 1 is 0.742 bits per heavy atom. The van der Waals surface area contributed by atoms with Gasteiger partial charge in [0, 0.05) is 0 Å². The van der Waals surface area contributed by atoms with E-state index in [4.69, 9.17) is 18.9 Å². The minimum atomic E-state index is -0.686. The molecule has 6 heteroatoms. The van der Waals surface area contributed by atoms with Gasteiger partial charge in [0.1, 0.15) is 24.9 Å². The molecule has 7 atom stereocenters. The largest absolute Gasteiger partial charge is 0.508 e. The summed E-state index contributed by atoms with van der Waals surface area (Å²) < 4.78 is 21.9. The van der Waals surface area contributed by atoms with Crippen LogP contribution < -0.4 is 0 Å². The number of hydrogen-bond acceptors (Lipinski definition) is 6. The van der Waals surface area contributed by atoms with E-state index < -0.39 is 18.4 Å². The number of rotatable bonds is 7. The molecule has 6 nitrogen and oxygen atoms in total. The molecule has 0 N–H and O–H groups in total. The maximum absolute atomic E-state index is 12.3. The Bertz CT molecular complexity index is 574. The van der Waals surface area contributed by atoms with E-state index in [2.05, 4.69) is 41.5 Å². The standard InChI is InChI=1S/C25H44O6/c1-15(2)20-10-8-17(5)12-22(20)30-24(26)28-14-19(7)29-25(27)31-23-13-18(6)9-11-21(23)16(3)4/h15-23H,8-14H2,1-7H3. The van der Waals surface area contributed by atoms with Gasteiger partial charge in [0.05, 0.1) is 0 Å². The lowest BCUT2D eigenvalue weighted by Crippen LogP contribution is -2.37. The zero-order valence-electron chi connectivity index (χ0n) is 20.6. The summed E-state index contributed by atoms with van der Waals surface area (Å²) >= 11 is 0. The highest BCUT2D eigenvalue weighted by Gasteiger charge is 2.35. The quantitative estimate of drug-likeness (QED) is 0.415. The third-order valence-electron chi connectivity index (χ3n) is 7.15. The fraction of sp³-hybridized carbons (Fsp3) is 0.920. The Balaban J connectivity index is 1.75. The Morgan fingerprint density at radius 2 is 1.19 bits per heavy atom. The molecule has 7 unspecified atom stereocenters. The molecule has 2 fully saturated rings. The highest BCUT2D eigenvalue weighted by atomic mass is 16.8. The second-order valence-electron chi connectivity index (χ2n) is 10.7. The lowest BCUT2D eigenvalue weighted by molar-refractivity contribution is -0.0640. The van der Waals surface area contributed by atoms with Gasteiger partial charge in [-0.2, -0.15) is 0 Å². The van der Waals surface area contributed by atoms with E-state index >= 15 is 0 Å². The van der Waals surface area contributed by atoms with Crippen LogP contribution in [0, 0.1) is 35.5 Å². The molecule has 0 amide bonds. The normalized spacial score (nSPS) is 32.4. The molecular weight excluding hydrogens is 396 g/mol. The zero-order chi connectivity index (χ0) is 23.1. The van der Waals surface area contributed by atoms with Crippen LogP contribution in [-0.4, -0.2) is 37.2 Å². The average molecular weight is 441 g/mol. The van der Waals surface area contributed by atoms with E-state index in [-0.39, 0.29) is 18.8 Å². The fourth-order valence-corrected chi connectivity index (χ4v) is 5.19. The SMILES string of the molecule is CC1CCC(C(C)C)C(OC(=O)OCC(C)OC(=O)OC2CC(C)CCC2C(C)C)C1. The maximum atomic E-state index is 12.3. The molecule has 0 aromatic carbocycles. The van der Waals surface area contributed by atoms with Crippen molar-refractivity contribution in [2.75, 3.05) is 6.61 Å². The minimum Gasteiger partial charge on any atom is -0.431 e. The van der Waals surface area contributed by atoms with Crippen molar-refractivity contribution in [3.63, 3.8) is 0 Å². The molecule has 0 aromatic rings. The van der Waals surface area contributed by atoms with Crippen molar-refractivity contribution in [3.8, 4) is 0 Å². The van der Waals surface area contributed by atoms with Crippen LogP contribution >= 0.6 is 0 Å². The summed E-state index contributed by atoms with van der Waals surface area (Å²) in [6.45, 7) is 14.7. The van der Waals surface area contributed by atoms with Crippen LogP contribution in [0.15, 0.2) is 0 Å². The van der Waals surface area contributed by atoms with Gasteiger partial charge >= 0.3 is 12.3 Å². The topological polar surface area (TPSA) is 71.1 Å². The molecule has 0 spiro atoms. The van der Waals surface area contributed by atoms with Gasteiger partial charge in [-0.05, 0) is 68.1 Å². The second kappa shape index (κ2) is 12.0. The summed E-state index contributed by atoms with van der Waals surface area (Å²) in [7, 11) is 0. The summed E-state index contributed by atoms with van der Waals surface area (Å²) in [5, 5.41) is 0. The molecule has 180 valence electrons. The summed E-state index contributed by atoms with van der Waals surface area (Å²) in [6, 6.07) is 0. The van der Waals surface area contributed by atoms with Crippen LogP contribution in [0.5, 0.6) is 0 Å². The molecule has 2 aliphatic carbocycles. The molecule has 31 heavy (non-hydrogen) atoms. The van der Waals surface area contributed by atoms with E-state index in [1.807, 2.05) is 0 Å². The van der Waals surface area contributed by atoms with Crippen molar-refractivity contribution >= 4 is 12.3 Å². The highest BCUT2D eigenvalue weighted by Crippen LogP contribution is 2.36. The summed E-state index contributed by atoms with van der Waals surface area (Å²) in [5.74, 6) is 2.72. The molecule has 0 saturated heterocycles. The predicted octanol–water partition coefficient (Wildman–Crippen LogP) is 6.60. The number of hydrogen-bond donors (Lipinski definition) is 0. The van der Waals surface area contributed by atoms with E-state index in [1.165, 1.54) is 12.8 Å². The van der Waals surface area contributed by atoms with E-state index in [9.17, 15) is 9.59 Å². The summed E-state index contributed by atoms with van der Waals surface area (Å²) in [4.78, 5) is 24.5. The van der Waals surface area contributed by atoms with E-state index in [0.29, 0.717) is 35.5 Å². The molecule has 0 aromatic heterocycles. The molecule has 2 saturated carbocycles. The van der Waals surface area contributed by atoms with Crippen molar-refractivity contribution in [1.29, 1.82) is 0 Å². The lowest BCUT2D eigenvalue weighted by atomic mass is 9.75. The number of carbonyl (C=O) groups excluding carboxylic acids is 2. The predicted molar refractivity (Wildman–Crippen MR) is 120 cm³/mol. The van der Waals surface area contributed by atoms with Crippen LogP contribution in [0.25, 0.3) is 0 Å². The van der Waals surface area contributed by atoms with E-state index in [0.717, 1.165) is 25.7 Å². The summed E-state index contributed by atoms with van der Waals surface area (Å²) in [6.07, 6.45) is 4.02. The molecular formula is C25H44O6. The van der Waals surface area contributed by atoms with Crippen LogP contribution in [0.2, 0.25) is 0 Å². The first-order chi connectivity index (χ1) is 14.6. The molecule has 0 radical (unpaired) electrons. The molecule has 0 bridgehead atoms. The van der Waals surface area contributed by atoms with Gasteiger partial charge in [0.15, 0.2) is 0 Å². The van der Waals surface area contributed by atoms with Gasteiger partial charge < -0.3 is 18.9 Å². The van der Waals surface area contributed by atoms with Gasteiger partial charge in [-0.3, -0.25) is 0 Å². The van der Waals surface area contributed by atoms with Gasteiger partial charge in [-0.25, -0.2) is 9.59 Å². The Kier molecular flexibility index (Phi) is 9.95. The third kappa shape index (κ3) is 8.19. The maximum Gasteiger partial charge on any atom is 0.508 e. The van der Waals surface area contributed by atoms with Crippen LogP contribution in [0.3, 0.4) is 0 Å². The first kappa shape index (κ1) is 25.8. The minimum absolute atomic E-state index is 0.0444. The van der Waals surface area contributed by atoms with Gasteiger partial charge in [-0.1, -0.05) is 54.4 Å². The molecule has 0 aliphatic heterocycles. The summed E-state index contributed by atoms with van der Waals surface area (Å²) in [5.41, 5.74) is 0. The highest BCUT2D eigenvalue weighted by molar-refractivity contribution is 5.61. The van der Waals surface area contributed by atoms with Crippen molar-refractivity contribution in [1.82, 2.24) is 0 Å². The average Bonchev–Trinajstić information content (AvgIpc) is 2.66. The zero-order valence-corrected chi connectivity index (χ0v) is 20.6. The lowest BCUT2D eigenvalue weighted by Gasteiger charge is -2.36. The van der Waals surface area contributed by atoms with Crippen LogP contribution in [0.4, 0.5) is 9.59 Å². The monoisotopic (exact) mass is 440 g/mol. The van der Waals surface area contributed by atoms with Crippen molar-refractivity contribution in [2.45, 2.75) is 105 Å². The number of carbonyl (C=O) groups is 2. The van der Waals surface area contributed by atoms with Crippen LogP contribution in [-0.2, 0) is 18.9 Å². The van der Waals surface area contributed by atoms with Crippen LogP contribution in [0.1, 0.15) is 87.0 Å². The van der Waals surface area contributed by atoms with Crippen molar-refractivity contribution in [2.24, 2.45) is 35.5 Å². The molecule has 2 rings (SSSR count). The van der Waals surface area contributed by atoms with Gasteiger partial charge in [0.25, 0.3) is 0 Å². The van der Waals surface area contributed by atoms with Crippen molar-refractivity contribution < 1.29 is 28.5 Å². The fourth-order valence-electron chi connectivity index (χ4n) is 5.19. The Labute approximate surface area is 188 Å². The Morgan fingerprint density at radius 3 is 1.65 bits per heavy atom. The smallest absolute Gasteiger partial charge is 0.431 e. The third-order valence-corrected chi connectivity index (χ3v) is 7.15. The first-order valence-electron chi connectivity index (χ1n) is 12.3.